The molecule has 1 aromatic heterocycles. The van der Waals surface area contributed by atoms with Crippen molar-refractivity contribution in [2.75, 3.05) is 20.3 Å². The number of aromatic hydroxyl groups is 3. The van der Waals surface area contributed by atoms with E-state index in [1.807, 2.05) is 0 Å². The lowest BCUT2D eigenvalue weighted by Gasteiger charge is -2.41. The Kier molecular flexibility index (Phi) is 8.06. The van der Waals surface area contributed by atoms with Gasteiger partial charge in [-0.25, -0.2) is 0 Å². The Morgan fingerprint density at radius 2 is 1.55 bits per heavy atom. The summed E-state index contributed by atoms with van der Waals surface area (Å²) < 4.78 is 22.1. The van der Waals surface area contributed by atoms with Gasteiger partial charge in [0.15, 0.2) is 22.5 Å². The quantitative estimate of drug-likeness (QED) is 0.157. The van der Waals surface area contributed by atoms with E-state index >= 15 is 0 Å². The van der Waals surface area contributed by atoms with Gasteiger partial charge in [0.2, 0.25) is 0 Å². The van der Waals surface area contributed by atoms with Gasteiger partial charge in [0, 0.05) is 11.6 Å². The third-order valence-electron chi connectivity index (χ3n) is 7.62. The van der Waals surface area contributed by atoms with Gasteiger partial charge in [-0.2, -0.15) is 0 Å². The Morgan fingerprint density at radius 3 is 2.21 bits per heavy atom. The van der Waals surface area contributed by atoms with E-state index < -0.39 is 107 Å². The number of aliphatic hydroxyl groups is 7. The first-order valence-corrected chi connectivity index (χ1v) is 12.8. The molecule has 0 bridgehead atoms. The Hall–Kier alpha value is -3.51. The zero-order valence-corrected chi connectivity index (χ0v) is 21.9. The standard InChI is InChI=1S/C27H30O15/c1-39-13-4-8(2-3-9(13)29)12-5-10(30)15-20(34)16(27-24(38)22(36)19(33)14(6-28)42-27)21(35)17(25(15)41-12)26-23(37)18(32)11(31)7-40-26/h2-5,11,14,18-19,22-24,26-29,31-38H,6-7H2,1H3/t11-,14+,18-,19+,22-,23-,24-,26-,27-/m0/s1. The van der Waals surface area contributed by atoms with Crippen molar-refractivity contribution < 1.29 is 69.7 Å². The molecule has 3 heterocycles. The van der Waals surface area contributed by atoms with Gasteiger partial charge in [-0.15, -0.1) is 0 Å². The van der Waals surface area contributed by atoms with Crippen LogP contribution >= 0.6 is 0 Å². The van der Waals surface area contributed by atoms with Crippen molar-refractivity contribution in [1.29, 1.82) is 0 Å². The highest BCUT2D eigenvalue weighted by Crippen LogP contribution is 2.50. The Bertz CT molecular complexity index is 1530. The minimum atomic E-state index is -2.00. The topological polar surface area (TPSA) is 260 Å². The van der Waals surface area contributed by atoms with Gasteiger partial charge in [-0.1, -0.05) is 0 Å². The largest absolute Gasteiger partial charge is 0.507 e. The summed E-state index contributed by atoms with van der Waals surface area (Å²) in [7, 11) is 1.30. The van der Waals surface area contributed by atoms with Crippen LogP contribution in [0.1, 0.15) is 23.3 Å². The number of hydrogen-bond donors (Lipinski definition) is 10. The van der Waals surface area contributed by atoms with E-state index in [1.165, 1.54) is 25.3 Å². The second kappa shape index (κ2) is 11.3. The van der Waals surface area contributed by atoms with E-state index in [2.05, 4.69) is 0 Å². The van der Waals surface area contributed by atoms with Crippen LogP contribution in [0.15, 0.2) is 33.5 Å². The molecule has 15 nitrogen and oxygen atoms in total. The molecule has 3 aromatic rings. The Balaban J connectivity index is 1.80. The Labute approximate surface area is 236 Å². The molecule has 2 aliphatic heterocycles. The van der Waals surface area contributed by atoms with Crippen molar-refractivity contribution in [2.24, 2.45) is 0 Å². The number of hydrogen-bond acceptors (Lipinski definition) is 15. The summed E-state index contributed by atoms with van der Waals surface area (Å²) in [4.78, 5) is 13.5. The molecular formula is C27H30O15. The van der Waals surface area contributed by atoms with Gasteiger partial charge in [0.1, 0.15) is 77.6 Å². The van der Waals surface area contributed by atoms with Gasteiger partial charge < -0.3 is 69.7 Å². The number of phenolic OH excluding ortho intramolecular Hbond substituents is 3. The molecule has 228 valence electrons. The lowest BCUT2D eigenvalue weighted by atomic mass is 9.85. The predicted octanol–water partition coefficient (Wildman–Crippen LogP) is -1.75. The number of ether oxygens (including phenoxy) is 3. The van der Waals surface area contributed by atoms with E-state index in [4.69, 9.17) is 18.6 Å². The smallest absolute Gasteiger partial charge is 0.197 e. The number of fused-ring (bicyclic) bond motifs is 1. The van der Waals surface area contributed by atoms with Crippen LogP contribution in [0.4, 0.5) is 0 Å². The average molecular weight is 595 g/mol. The monoisotopic (exact) mass is 594 g/mol. The molecule has 0 amide bonds. The van der Waals surface area contributed by atoms with Crippen LogP contribution in [0.2, 0.25) is 0 Å². The lowest BCUT2D eigenvalue weighted by molar-refractivity contribution is -0.232. The first kappa shape index (κ1) is 30.0. The fraction of sp³-hybridized carbons (Fsp3) is 0.444. The molecule has 2 fully saturated rings. The van der Waals surface area contributed by atoms with E-state index in [-0.39, 0.29) is 22.8 Å². The fourth-order valence-electron chi connectivity index (χ4n) is 5.31. The van der Waals surface area contributed by atoms with Crippen LogP contribution in [0.3, 0.4) is 0 Å². The zero-order valence-electron chi connectivity index (χ0n) is 21.9. The van der Waals surface area contributed by atoms with Crippen molar-refractivity contribution in [1.82, 2.24) is 0 Å². The summed E-state index contributed by atoms with van der Waals surface area (Å²) in [6.45, 7) is -1.36. The third-order valence-corrected chi connectivity index (χ3v) is 7.62. The van der Waals surface area contributed by atoms with E-state index in [0.29, 0.717) is 0 Å². The van der Waals surface area contributed by atoms with E-state index in [9.17, 15) is 55.9 Å². The minimum absolute atomic E-state index is 0.0299. The predicted molar refractivity (Wildman–Crippen MR) is 139 cm³/mol. The minimum Gasteiger partial charge on any atom is -0.507 e. The van der Waals surface area contributed by atoms with Gasteiger partial charge in [0.05, 0.1) is 31.5 Å². The van der Waals surface area contributed by atoms with Crippen LogP contribution < -0.4 is 10.2 Å². The highest BCUT2D eigenvalue weighted by molar-refractivity contribution is 5.92. The molecule has 2 aromatic carbocycles. The molecule has 2 aliphatic rings. The van der Waals surface area contributed by atoms with Crippen molar-refractivity contribution in [3.63, 3.8) is 0 Å². The van der Waals surface area contributed by atoms with Crippen molar-refractivity contribution in [3.05, 3.63) is 45.6 Å². The van der Waals surface area contributed by atoms with Crippen molar-refractivity contribution in [3.8, 4) is 34.3 Å². The number of benzene rings is 2. The molecule has 0 unspecified atom stereocenters. The highest BCUT2D eigenvalue weighted by atomic mass is 16.5. The second-order valence-corrected chi connectivity index (χ2v) is 10.1. The Morgan fingerprint density at radius 1 is 0.857 bits per heavy atom. The molecule has 10 N–H and O–H groups in total. The number of rotatable bonds is 5. The average Bonchev–Trinajstić information content (AvgIpc) is 2.96. The summed E-state index contributed by atoms with van der Waals surface area (Å²) in [6.07, 6.45) is -15.9. The maximum atomic E-state index is 13.5. The van der Waals surface area contributed by atoms with Gasteiger partial charge >= 0.3 is 0 Å². The van der Waals surface area contributed by atoms with Crippen LogP contribution in [0, 0.1) is 0 Å². The maximum absolute atomic E-state index is 13.5. The fourth-order valence-corrected chi connectivity index (χ4v) is 5.31. The lowest BCUT2D eigenvalue weighted by Crippen LogP contribution is -2.55. The van der Waals surface area contributed by atoms with Crippen molar-refractivity contribution in [2.45, 2.75) is 54.9 Å². The SMILES string of the molecule is COc1cc(-c2cc(=O)c3c(O)c([C@@H]4O[C@H](CO)[C@@H](O)[C@H](O)[C@@H]4O)c(O)c([C@@H]4OC[C@H](O)[C@H](O)[C@@H]4O)c3o2)ccc1O. The highest BCUT2D eigenvalue weighted by Gasteiger charge is 2.48. The van der Waals surface area contributed by atoms with E-state index in [1.54, 1.807) is 0 Å². The molecule has 0 spiro atoms. The van der Waals surface area contributed by atoms with Gasteiger partial charge in [-0.05, 0) is 18.2 Å². The number of methoxy groups -OCH3 is 1. The van der Waals surface area contributed by atoms with Crippen LogP contribution in [-0.2, 0) is 9.47 Å². The summed E-state index contributed by atoms with van der Waals surface area (Å²) in [5, 5.41) is 104. The molecule has 5 rings (SSSR count). The van der Waals surface area contributed by atoms with Crippen LogP contribution in [-0.4, -0.2) is 114 Å². The first-order valence-electron chi connectivity index (χ1n) is 12.8. The second-order valence-electron chi connectivity index (χ2n) is 10.1. The van der Waals surface area contributed by atoms with Gasteiger partial charge in [-0.3, -0.25) is 4.79 Å². The number of phenols is 3. The molecule has 0 saturated carbocycles. The van der Waals surface area contributed by atoms with Crippen LogP contribution in [0.5, 0.6) is 23.0 Å². The molecule has 15 heteroatoms. The first-order chi connectivity index (χ1) is 19.9. The molecule has 0 aliphatic carbocycles. The zero-order chi connectivity index (χ0) is 30.6. The molecule has 2 saturated heterocycles. The molecule has 9 atom stereocenters. The summed E-state index contributed by atoms with van der Waals surface area (Å²) in [5.41, 5.74) is -2.35. The molecule has 42 heavy (non-hydrogen) atoms. The maximum Gasteiger partial charge on any atom is 0.197 e. The summed E-state index contributed by atoms with van der Waals surface area (Å²) in [5.74, 6) is -2.22. The van der Waals surface area contributed by atoms with Crippen molar-refractivity contribution >= 4 is 11.0 Å². The normalized spacial score (nSPS) is 31.8. The van der Waals surface area contributed by atoms with Gasteiger partial charge in [0.25, 0.3) is 0 Å². The third kappa shape index (κ3) is 4.74. The summed E-state index contributed by atoms with van der Waals surface area (Å²) >= 11 is 0. The summed E-state index contributed by atoms with van der Waals surface area (Å²) in [6, 6.07) is 4.97. The van der Waals surface area contributed by atoms with E-state index in [0.717, 1.165) is 6.07 Å². The number of aliphatic hydroxyl groups excluding tert-OH is 7. The van der Waals surface area contributed by atoms with Crippen LogP contribution in [0.25, 0.3) is 22.3 Å². The molecular weight excluding hydrogens is 564 g/mol. The molecule has 0 radical (unpaired) electrons.